The molecule has 5 rings (SSSR count). The highest BCUT2D eigenvalue weighted by Crippen LogP contribution is 2.29. The second-order valence-corrected chi connectivity index (χ2v) is 7.78. The van der Waals surface area contributed by atoms with Gasteiger partial charge in [-0.1, -0.05) is 12.1 Å². The van der Waals surface area contributed by atoms with E-state index in [0.717, 1.165) is 42.0 Å². The van der Waals surface area contributed by atoms with Gasteiger partial charge in [-0.25, -0.2) is 0 Å². The summed E-state index contributed by atoms with van der Waals surface area (Å²) < 4.78 is 9.67. The molecule has 160 valence electrons. The van der Waals surface area contributed by atoms with E-state index in [1.54, 1.807) is 17.0 Å². The lowest BCUT2D eigenvalue weighted by Gasteiger charge is -2.14. The summed E-state index contributed by atoms with van der Waals surface area (Å²) in [5.74, 6) is 0.554. The molecular weight excluding hydrogens is 412 g/mol. The Hall–Kier alpha value is -3.09. The Kier molecular flexibility index (Phi) is 5.85. The summed E-state index contributed by atoms with van der Waals surface area (Å²) in [7, 11) is 2.09. The van der Waals surface area contributed by atoms with Crippen LogP contribution in [0.15, 0.2) is 59.7 Å². The molecule has 1 aromatic carbocycles. The third kappa shape index (κ3) is 3.96. The van der Waals surface area contributed by atoms with Gasteiger partial charge in [0.2, 0.25) is 0 Å². The van der Waals surface area contributed by atoms with Crippen molar-refractivity contribution in [2.24, 2.45) is 7.05 Å². The molecule has 4 aromatic rings. The van der Waals surface area contributed by atoms with Gasteiger partial charge in [-0.05, 0) is 49.7 Å². The first-order chi connectivity index (χ1) is 14.6. The molecule has 1 aliphatic rings. The van der Waals surface area contributed by atoms with E-state index in [0.29, 0.717) is 12.4 Å². The third-order valence-electron chi connectivity index (χ3n) is 5.81. The summed E-state index contributed by atoms with van der Waals surface area (Å²) in [5, 5.41) is 4.71. The molecule has 0 atom stereocenters. The maximum absolute atomic E-state index is 12.8. The molecule has 0 amide bonds. The number of fused-ring (bicyclic) bond motifs is 3. The molecule has 3 aromatic heterocycles. The molecule has 0 unspecified atom stereocenters. The topological polar surface area (TPSA) is 61.1 Å². The van der Waals surface area contributed by atoms with E-state index in [4.69, 9.17) is 4.74 Å². The molecule has 0 radical (unpaired) electrons. The van der Waals surface area contributed by atoms with E-state index in [-0.39, 0.29) is 18.0 Å². The van der Waals surface area contributed by atoms with Gasteiger partial charge in [0.25, 0.3) is 5.56 Å². The van der Waals surface area contributed by atoms with Crippen molar-refractivity contribution < 1.29 is 4.74 Å². The van der Waals surface area contributed by atoms with Crippen LogP contribution in [0.5, 0.6) is 5.75 Å². The fourth-order valence-electron chi connectivity index (χ4n) is 4.14. The number of aromatic nitrogens is 3. The minimum absolute atomic E-state index is 0. The van der Waals surface area contributed by atoms with Crippen molar-refractivity contribution in [3.63, 3.8) is 0 Å². The molecule has 0 aliphatic carbocycles. The lowest BCUT2D eigenvalue weighted by Crippen LogP contribution is -2.24. The molecule has 6 nitrogen and oxygen atoms in total. The van der Waals surface area contributed by atoms with Gasteiger partial charge in [-0.15, -0.1) is 12.4 Å². The van der Waals surface area contributed by atoms with Crippen LogP contribution in [-0.4, -0.2) is 20.7 Å². The molecule has 0 spiro atoms. The van der Waals surface area contributed by atoms with E-state index in [2.05, 4.69) is 34.0 Å². The third-order valence-corrected chi connectivity index (χ3v) is 5.81. The van der Waals surface area contributed by atoms with Crippen LogP contribution in [0.25, 0.3) is 16.6 Å². The minimum atomic E-state index is -0.116. The quantitative estimate of drug-likeness (QED) is 0.530. The van der Waals surface area contributed by atoms with Gasteiger partial charge in [0, 0.05) is 54.4 Å². The molecule has 31 heavy (non-hydrogen) atoms. The average molecular weight is 437 g/mol. The highest BCUT2D eigenvalue weighted by Gasteiger charge is 2.18. The van der Waals surface area contributed by atoms with Gasteiger partial charge in [-0.2, -0.15) is 0 Å². The van der Waals surface area contributed by atoms with Crippen LogP contribution in [-0.2, 0) is 26.6 Å². The zero-order chi connectivity index (χ0) is 20.7. The van der Waals surface area contributed by atoms with E-state index < -0.39 is 0 Å². The lowest BCUT2D eigenvalue weighted by atomic mass is 10.0. The average Bonchev–Trinajstić information content (AvgIpc) is 3.05. The molecule has 0 bridgehead atoms. The minimum Gasteiger partial charge on any atom is -0.489 e. The number of benzene rings is 1. The molecule has 1 N–H and O–H groups in total. The van der Waals surface area contributed by atoms with E-state index in [1.165, 1.54) is 22.7 Å². The predicted octanol–water partition coefficient (Wildman–Crippen LogP) is 3.68. The van der Waals surface area contributed by atoms with Crippen LogP contribution in [0.3, 0.4) is 0 Å². The number of ether oxygens (including phenoxy) is 1. The maximum Gasteiger partial charge on any atom is 0.258 e. The summed E-state index contributed by atoms with van der Waals surface area (Å²) in [6.45, 7) is 4.22. The predicted molar refractivity (Wildman–Crippen MR) is 124 cm³/mol. The Balaban J connectivity index is 0.00000231. The number of rotatable bonds is 4. The van der Waals surface area contributed by atoms with Crippen molar-refractivity contribution >= 4 is 23.3 Å². The van der Waals surface area contributed by atoms with Gasteiger partial charge >= 0.3 is 0 Å². The van der Waals surface area contributed by atoms with E-state index in [9.17, 15) is 4.79 Å². The zero-order valence-corrected chi connectivity index (χ0v) is 18.4. The number of hydrogen-bond donors (Lipinski definition) is 1. The van der Waals surface area contributed by atoms with Crippen molar-refractivity contribution in [2.75, 3.05) is 6.54 Å². The molecular formula is C24H25ClN4O2. The van der Waals surface area contributed by atoms with E-state index in [1.807, 2.05) is 31.2 Å². The van der Waals surface area contributed by atoms with Gasteiger partial charge in [-0.3, -0.25) is 14.3 Å². The van der Waals surface area contributed by atoms with Gasteiger partial charge in [0.15, 0.2) is 0 Å². The second kappa shape index (κ2) is 8.57. The molecule has 4 heterocycles. The Labute approximate surface area is 186 Å². The van der Waals surface area contributed by atoms with Crippen LogP contribution in [0, 0.1) is 6.92 Å². The number of halogens is 1. The fourth-order valence-corrected chi connectivity index (χ4v) is 4.14. The normalized spacial score (nSPS) is 13.0. The van der Waals surface area contributed by atoms with Crippen LogP contribution in [0.2, 0.25) is 0 Å². The number of pyridine rings is 2. The largest absolute Gasteiger partial charge is 0.489 e. The van der Waals surface area contributed by atoms with Gasteiger partial charge < -0.3 is 14.6 Å². The van der Waals surface area contributed by atoms with Gasteiger partial charge in [0.1, 0.15) is 12.4 Å². The van der Waals surface area contributed by atoms with Crippen molar-refractivity contribution in [1.82, 2.24) is 19.4 Å². The van der Waals surface area contributed by atoms with Crippen LogP contribution in [0.4, 0.5) is 0 Å². The second-order valence-electron chi connectivity index (χ2n) is 7.78. The molecule has 7 heteroatoms. The summed E-state index contributed by atoms with van der Waals surface area (Å²) in [6.07, 6.45) is 4.60. The van der Waals surface area contributed by atoms with Gasteiger partial charge in [0.05, 0.1) is 11.2 Å². The van der Waals surface area contributed by atoms with Crippen LogP contribution < -0.4 is 15.6 Å². The Morgan fingerprint density at radius 2 is 2.03 bits per heavy atom. The van der Waals surface area contributed by atoms with Crippen LogP contribution >= 0.6 is 12.4 Å². The summed E-state index contributed by atoms with van der Waals surface area (Å²) in [5.41, 5.74) is 6.57. The first-order valence-electron chi connectivity index (χ1n) is 10.2. The summed E-state index contributed by atoms with van der Waals surface area (Å²) in [4.78, 5) is 17.0. The Morgan fingerprint density at radius 3 is 2.81 bits per heavy atom. The fraction of sp³-hybridized carbons (Fsp3) is 0.250. The molecule has 0 saturated carbocycles. The first kappa shape index (κ1) is 21.2. The van der Waals surface area contributed by atoms with Crippen molar-refractivity contribution in [1.29, 1.82) is 0 Å². The lowest BCUT2D eigenvalue weighted by molar-refractivity contribution is 0.304. The van der Waals surface area contributed by atoms with Crippen molar-refractivity contribution in [2.45, 2.75) is 26.5 Å². The number of aryl methyl sites for hydroxylation is 2. The Bertz CT molecular complexity index is 1290. The smallest absolute Gasteiger partial charge is 0.258 e. The number of nitrogens with zero attached hydrogens (tertiary/aromatic N) is 3. The van der Waals surface area contributed by atoms with Crippen LogP contribution in [0.1, 0.15) is 22.5 Å². The molecule has 1 aliphatic heterocycles. The van der Waals surface area contributed by atoms with Crippen molar-refractivity contribution in [3.05, 3.63) is 87.7 Å². The SMILES string of the molecule is Cc1ccc(COc2ccn(-c3ccc4c5c(n(C)c4c3)CNCC5)c(=O)c2)cn1.Cl. The molecule has 0 saturated heterocycles. The highest BCUT2D eigenvalue weighted by atomic mass is 35.5. The maximum atomic E-state index is 12.8. The monoisotopic (exact) mass is 436 g/mol. The summed E-state index contributed by atoms with van der Waals surface area (Å²) in [6, 6.07) is 13.5. The van der Waals surface area contributed by atoms with E-state index >= 15 is 0 Å². The summed E-state index contributed by atoms with van der Waals surface area (Å²) >= 11 is 0. The first-order valence-corrected chi connectivity index (χ1v) is 10.2. The zero-order valence-electron chi connectivity index (χ0n) is 17.6. The Morgan fingerprint density at radius 1 is 1.16 bits per heavy atom. The standard InChI is InChI=1S/C24H24N4O2.ClH/c1-16-3-4-17(13-26-16)15-30-19-8-10-28(24(29)12-19)18-5-6-20-21-7-9-25-14-23(21)27(2)22(20)11-18;/h3-6,8,10-13,25H,7,9,14-15H2,1-2H3;1H. The number of nitrogens with one attached hydrogen (secondary N) is 1. The number of hydrogen-bond acceptors (Lipinski definition) is 4. The van der Waals surface area contributed by atoms with Crippen molar-refractivity contribution in [3.8, 4) is 11.4 Å². The highest BCUT2D eigenvalue weighted by molar-refractivity contribution is 5.87. The molecule has 0 fully saturated rings.